The van der Waals surface area contributed by atoms with Crippen LogP contribution in [0, 0.1) is 6.92 Å². The largest absolute Gasteiger partial charge is 0.469 e. The number of nitrogen functional groups attached to an aromatic ring is 1. The van der Waals surface area contributed by atoms with Gasteiger partial charge in [-0.05, 0) is 19.1 Å². The molecule has 92 valence electrons. The first-order chi connectivity index (χ1) is 8.04. The molecule has 0 radical (unpaired) electrons. The molecule has 17 heavy (non-hydrogen) atoms. The number of carbonyl (C=O) groups excluding carboxylic acids is 2. The number of esters is 2. The van der Waals surface area contributed by atoms with Gasteiger partial charge in [-0.25, -0.2) is 4.79 Å². The van der Waals surface area contributed by atoms with Crippen LogP contribution < -0.4 is 5.73 Å². The van der Waals surface area contributed by atoms with Gasteiger partial charge in [0.25, 0.3) is 0 Å². The van der Waals surface area contributed by atoms with Crippen molar-refractivity contribution in [3.05, 3.63) is 29.3 Å². The summed E-state index contributed by atoms with van der Waals surface area (Å²) < 4.78 is 9.34. The van der Waals surface area contributed by atoms with Gasteiger partial charge < -0.3 is 15.2 Å². The van der Waals surface area contributed by atoms with Gasteiger partial charge in [0.2, 0.25) is 0 Å². The fourth-order valence-corrected chi connectivity index (χ4v) is 1.25. The van der Waals surface area contributed by atoms with Crippen LogP contribution in [0.3, 0.4) is 0 Å². The molecule has 1 aromatic carbocycles. The lowest BCUT2D eigenvalue weighted by Gasteiger charge is -2.07. The highest BCUT2D eigenvalue weighted by atomic mass is 16.5. The van der Waals surface area contributed by atoms with Gasteiger partial charge in [0.05, 0.1) is 19.1 Å². The van der Waals surface area contributed by atoms with Crippen molar-refractivity contribution in [2.75, 3.05) is 19.5 Å². The van der Waals surface area contributed by atoms with Gasteiger partial charge in [0, 0.05) is 5.69 Å². The fourth-order valence-electron chi connectivity index (χ4n) is 1.25. The highest BCUT2D eigenvalue weighted by Crippen LogP contribution is 2.14. The maximum atomic E-state index is 11.6. The summed E-state index contributed by atoms with van der Waals surface area (Å²) in [7, 11) is 1.28. The van der Waals surface area contributed by atoms with Gasteiger partial charge in [-0.3, -0.25) is 4.79 Å². The van der Waals surface area contributed by atoms with Crippen molar-refractivity contribution < 1.29 is 19.1 Å². The molecule has 5 heteroatoms. The monoisotopic (exact) mass is 237 g/mol. The number of carbonyl (C=O) groups is 2. The summed E-state index contributed by atoms with van der Waals surface area (Å²) in [5.41, 5.74) is 7.25. The first-order valence-electron chi connectivity index (χ1n) is 5.14. The number of anilines is 1. The zero-order chi connectivity index (χ0) is 12.8. The Kier molecular flexibility index (Phi) is 4.51. The average Bonchev–Trinajstić information content (AvgIpc) is 2.31. The molecule has 0 aliphatic heterocycles. The van der Waals surface area contributed by atoms with E-state index in [0.717, 1.165) is 5.56 Å². The second-order valence-electron chi connectivity index (χ2n) is 3.55. The predicted molar refractivity (Wildman–Crippen MR) is 62.5 cm³/mol. The first-order valence-corrected chi connectivity index (χ1v) is 5.14. The van der Waals surface area contributed by atoms with Crippen molar-refractivity contribution in [3.8, 4) is 0 Å². The highest BCUT2D eigenvalue weighted by molar-refractivity contribution is 5.95. The molecule has 0 amide bonds. The Balaban J connectivity index is 2.58. The number of nitrogens with two attached hydrogens (primary N) is 1. The molecule has 0 fully saturated rings. The summed E-state index contributed by atoms with van der Waals surface area (Å²) in [5, 5.41) is 0. The van der Waals surface area contributed by atoms with Crippen molar-refractivity contribution in [1.29, 1.82) is 0 Å². The van der Waals surface area contributed by atoms with Crippen molar-refractivity contribution in [1.82, 2.24) is 0 Å². The molecule has 1 rings (SSSR count). The Morgan fingerprint density at radius 1 is 1.35 bits per heavy atom. The minimum absolute atomic E-state index is 0.0150. The van der Waals surface area contributed by atoms with E-state index in [4.69, 9.17) is 10.5 Å². The zero-order valence-corrected chi connectivity index (χ0v) is 9.86. The molecule has 0 bridgehead atoms. The van der Waals surface area contributed by atoms with E-state index < -0.39 is 11.9 Å². The third-order valence-electron chi connectivity index (χ3n) is 2.20. The van der Waals surface area contributed by atoms with Crippen molar-refractivity contribution in [2.24, 2.45) is 0 Å². The lowest BCUT2D eigenvalue weighted by molar-refractivity contribution is -0.141. The molecular weight excluding hydrogens is 222 g/mol. The summed E-state index contributed by atoms with van der Waals surface area (Å²) in [5.74, 6) is -0.954. The van der Waals surface area contributed by atoms with E-state index in [1.165, 1.54) is 7.11 Å². The van der Waals surface area contributed by atoms with Crippen LogP contribution >= 0.6 is 0 Å². The van der Waals surface area contributed by atoms with E-state index in [2.05, 4.69) is 4.74 Å². The smallest absolute Gasteiger partial charge is 0.340 e. The lowest BCUT2D eigenvalue weighted by atomic mass is 10.1. The number of rotatable bonds is 4. The van der Waals surface area contributed by atoms with Gasteiger partial charge in [-0.1, -0.05) is 11.6 Å². The highest BCUT2D eigenvalue weighted by Gasteiger charge is 2.12. The van der Waals surface area contributed by atoms with Gasteiger partial charge in [0.1, 0.15) is 6.61 Å². The van der Waals surface area contributed by atoms with Crippen LogP contribution in [0.2, 0.25) is 0 Å². The molecule has 0 spiro atoms. The summed E-state index contributed by atoms with van der Waals surface area (Å²) in [6.45, 7) is 1.84. The molecule has 0 aromatic heterocycles. The number of hydrogen-bond donors (Lipinski definition) is 1. The van der Waals surface area contributed by atoms with E-state index in [-0.39, 0.29) is 13.0 Å². The molecule has 0 saturated carbocycles. The second kappa shape index (κ2) is 5.89. The summed E-state index contributed by atoms with van der Waals surface area (Å²) in [6.07, 6.45) is 0.0357. The molecule has 5 nitrogen and oxygen atoms in total. The lowest BCUT2D eigenvalue weighted by Crippen LogP contribution is -2.12. The van der Waals surface area contributed by atoms with Crippen LogP contribution in [0.1, 0.15) is 22.3 Å². The Hall–Kier alpha value is -2.04. The second-order valence-corrected chi connectivity index (χ2v) is 3.55. The zero-order valence-electron chi connectivity index (χ0n) is 9.86. The van der Waals surface area contributed by atoms with Crippen LogP contribution in [0.25, 0.3) is 0 Å². The third-order valence-corrected chi connectivity index (χ3v) is 2.20. The van der Waals surface area contributed by atoms with Gasteiger partial charge in [0.15, 0.2) is 0 Å². The Morgan fingerprint density at radius 3 is 2.71 bits per heavy atom. The molecule has 0 aliphatic rings. The molecule has 0 unspecified atom stereocenters. The van der Waals surface area contributed by atoms with Crippen LogP contribution in [-0.2, 0) is 14.3 Å². The van der Waals surface area contributed by atoms with Crippen LogP contribution in [0.5, 0.6) is 0 Å². The van der Waals surface area contributed by atoms with Crippen LogP contribution in [0.4, 0.5) is 5.69 Å². The number of aryl methyl sites for hydroxylation is 1. The summed E-state index contributed by atoms with van der Waals surface area (Å²) in [4.78, 5) is 22.4. The first kappa shape index (κ1) is 13.0. The normalized spacial score (nSPS) is 9.76. The number of ether oxygens (including phenoxy) is 2. The quantitative estimate of drug-likeness (QED) is 0.630. The maximum Gasteiger partial charge on any atom is 0.340 e. The minimum Gasteiger partial charge on any atom is -0.469 e. The van der Waals surface area contributed by atoms with E-state index in [1.54, 1.807) is 18.2 Å². The van der Waals surface area contributed by atoms with Crippen molar-refractivity contribution >= 4 is 17.6 Å². The van der Waals surface area contributed by atoms with Gasteiger partial charge >= 0.3 is 11.9 Å². The maximum absolute atomic E-state index is 11.6. The Labute approximate surface area is 99.5 Å². The van der Waals surface area contributed by atoms with Crippen LogP contribution in [-0.4, -0.2) is 25.7 Å². The SMILES string of the molecule is COC(=O)CCOC(=O)c1cc(C)ccc1N. The molecule has 2 N–H and O–H groups in total. The summed E-state index contributed by atoms with van der Waals surface area (Å²) in [6, 6.07) is 5.10. The van der Waals surface area contributed by atoms with Gasteiger partial charge in [-0.2, -0.15) is 0 Å². The Bertz CT molecular complexity index is 429. The topological polar surface area (TPSA) is 78.6 Å². The molecule has 0 heterocycles. The molecule has 0 saturated heterocycles. The fraction of sp³-hybridized carbons (Fsp3) is 0.333. The van der Waals surface area contributed by atoms with E-state index in [9.17, 15) is 9.59 Å². The number of hydrogen-bond acceptors (Lipinski definition) is 5. The molecule has 1 aromatic rings. The molecular formula is C12H15NO4. The molecule has 0 aliphatic carbocycles. The predicted octanol–water partition coefficient (Wildman–Crippen LogP) is 1.30. The van der Waals surface area contributed by atoms with Crippen molar-refractivity contribution in [3.63, 3.8) is 0 Å². The summed E-state index contributed by atoms with van der Waals surface area (Å²) >= 11 is 0. The minimum atomic E-state index is -0.532. The van der Waals surface area contributed by atoms with Gasteiger partial charge in [-0.15, -0.1) is 0 Å². The average molecular weight is 237 g/mol. The van der Waals surface area contributed by atoms with E-state index >= 15 is 0 Å². The van der Waals surface area contributed by atoms with Crippen molar-refractivity contribution in [2.45, 2.75) is 13.3 Å². The van der Waals surface area contributed by atoms with Crippen LogP contribution in [0.15, 0.2) is 18.2 Å². The Morgan fingerprint density at radius 2 is 2.06 bits per heavy atom. The number of methoxy groups -OCH3 is 1. The standard InChI is InChI=1S/C12H15NO4/c1-8-3-4-10(13)9(7-8)12(15)17-6-5-11(14)16-2/h3-4,7H,5-6,13H2,1-2H3. The van der Waals surface area contributed by atoms with E-state index in [1.807, 2.05) is 6.92 Å². The third kappa shape index (κ3) is 3.79. The van der Waals surface area contributed by atoms with E-state index in [0.29, 0.717) is 11.3 Å². The molecule has 0 atom stereocenters. The number of benzene rings is 1.